The number of esters is 1. The predicted molar refractivity (Wildman–Crippen MR) is 101 cm³/mol. The maximum absolute atomic E-state index is 13.0. The second-order valence-corrected chi connectivity index (χ2v) is 7.99. The standard InChI is InChI=1S/C19H22N2O4S/c1-14-5-8-16(9-6-14)20-26(23,24)18-13-15(19(22)25-2)7-10-17(18)21-11-3-4-12-21/h5-10,13,20H,3-4,11-12H2,1-2H3. The average molecular weight is 374 g/mol. The molecule has 1 heterocycles. The molecule has 138 valence electrons. The van der Waals surface area contributed by atoms with Crippen LogP contribution in [0.15, 0.2) is 47.4 Å². The fourth-order valence-electron chi connectivity index (χ4n) is 3.03. The van der Waals surface area contributed by atoms with E-state index in [2.05, 4.69) is 4.72 Å². The maximum atomic E-state index is 13.0. The van der Waals surface area contributed by atoms with Crippen molar-refractivity contribution < 1.29 is 17.9 Å². The SMILES string of the molecule is COC(=O)c1ccc(N2CCCC2)c(S(=O)(=O)Nc2ccc(C)cc2)c1. The zero-order valence-corrected chi connectivity index (χ0v) is 15.7. The van der Waals surface area contributed by atoms with Crippen LogP contribution in [0.2, 0.25) is 0 Å². The van der Waals surface area contributed by atoms with Gasteiger partial charge in [0.05, 0.1) is 18.4 Å². The van der Waals surface area contributed by atoms with Crippen LogP contribution in [-0.2, 0) is 14.8 Å². The Morgan fingerprint density at radius 3 is 2.35 bits per heavy atom. The van der Waals surface area contributed by atoms with Crippen LogP contribution in [0.3, 0.4) is 0 Å². The van der Waals surface area contributed by atoms with Gasteiger partial charge in [-0.3, -0.25) is 4.72 Å². The largest absolute Gasteiger partial charge is 0.465 e. The van der Waals surface area contributed by atoms with Crippen molar-refractivity contribution in [1.29, 1.82) is 0 Å². The Balaban J connectivity index is 2.03. The monoisotopic (exact) mass is 374 g/mol. The quantitative estimate of drug-likeness (QED) is 0.814. The lowest BCUT2D eigenvalue weighted by Crippen LogP contribution is -2.23. The van der Waals surface area contributed by atoms with Crippen LogP contribution in [0, 0.1) is 6.92 Å². The number of carbonyl (C=O) groups is 1. The number of nitrogens with one attached hydrogen (secondary N) is 1. The van der Waals surface area contributed by atoms with Crippen molar-refractivity contribution in [3.8, 4) is 0 Å². The normalized spacial score (nSPS) is 14.3. The highest BCUT2D eigenvalue weighted by atomic mass is 32.2. The van der Waals surface area contributed by atoms with E-state index in [1.807, 2.05) is 24.0 Å². The van der Waals surface area contributed by atoms with Gasteiger partial charge in [-0.15, -0.1) is 0 Å². The molecule has 0 radical (unpaired) electrons. The van der Waals surface area contributed by atoms with Crippen molar-refractivity contribution in [3.63, 3.8) is 0 Å². The van der Waals surface area contributed by atoms with Crippen LogP contribution >= 0.6 is 0 Å². The summed E-state index contributed by atoms with van der Waals surface area (Å²) in [6, 6.07) is 11.8. The minimum atomic E-state index is -3.86. The number of carbonyl (C=O) groups excluding carboxylic acids is 1. The molecule has 2 aromatic carbocycles. The number of benzene rings is 2. The molecule has 26 heavy (non-hydrogen) atoms. The summed E-state index contributed by atoms with van der Waals surface area (Å²) in [7, 11) is -2.58. The van der Waals surface area contributed by atoms with Gasteiger partial charge >= 0.3 is 5.97 Å². The fraction of sp³-hybridized carbons (Fsp3) is 0.316. The summed E-state index contributed by atoms with van der Waals surface area (Å²) < 4.78 is 33.4. The molecule has 3 rings (SSSR count). The molecule has 7 heteroatoms. The Morgan fingerprint density at radius 1 is 1.08 bits per heavy atom. The molecule has 1 aliphatic rings. The topological polar surface area (TPSA) is 75.7 Å². The van der Waals surface area contributed by atoms with Crippen molar-refractivity contribution in [2.45, 2.75) is 24.7 Å². The summed E-state index contributed by atoms with van der Waals surface area (Å²) in [6.07, 6.45) is 2.03. The number of rotatable bonds is 5. The number of ether oxygens (including phenoxy) is 1. The molecule has 0 saturated carbocycles. The van der Waals surface area contributed by atoms with Gasteiger partial charge in [0.25, 0.3) is 10.0 Å². The summed E-state index contributed by atoms with van der Waals surface area (Å²) in [5.74, 6) is -0.565. The lowest BCUT2D eigenvalue weighted by atomic mass is 10.2. The smallest absolute Gasteiger partial charge is 0.337 e. The van der Waals surface area contributed by atoms with Gasteiger partial charge < -0.3 is 9.64 Å². The number of aryl methyl sites for hydroxylation is 1. The Kier molecular flexibility index (Phi) is 5.18. The molecule has 1 fully saturated rings. The van der Waals surface area contributed by atoms with Gasteiger partial charge in [-0.05, 0) is 50.1 Å². The molecule has 0 amide bonds. The summed E-state index contributed by atoms with van der Waals surface area (Å²) >= 11 is 0. The van der Waals surface area contributed by atoms with Crippen molar-refractivity contribution in [2.24, 2.45) is 0 Å². The van der Waals surface area contributed by atoms with Gasteiger partial charge in [0.15, 0.2) is 0 Å². The number of sulfonamides is 1. The lowest BCUT2D eigenvalue weighted by molar-refractivity contribution is 0.0600. The highest BCUT2D eigenvalue weighted by Gasteiger charge is 2.25. The number of hydrogen-bond acceptors (Lipinski definition) is 5. The van der Waals surface area contributed by atoms with Crippen molar-refractivity contribution in [3.05, 3.63) is 53.6 Å². The molecule has 6 nitrogen and oxygen atoms in total. The minimum absolute atomic E-state index is 0.0860. The van der Waals surface area contributed by atoms with Crippen molar-refractivity contribution in [2.75, 3.05) is 29.8 Å². The van der Waals surface area contributed by atoms with Crippen LogP contribution in [-0.4, -0.2) is 34.6 Å². The first-order valence-electron chi connectivity index (χ1n) is 8.47. The molecule has 0 aromatic heterocycles. The molecule has 1 aliphatic heterocycles. The van der Waals surface area contributed by atoms with E-state index >= 15 is 0 Å². The van der Waals surface area contributed by atoms with E-state index in [1.54, 1.807) is 24.3 Å². The molecule has 0 bridgehead atoms. The highest BCUT2D eigenvalue weighted by molar-refractivity contribution is 7.92. The lowest BCUT2D eigenvalue weighted by Gasteiger charge is -2.22. The van der Waals surface area contributed by atoms with Gasteiger partial charge in [-0.25, -0.2) is 13.2 Å². The second-order valence-electron chi connectivity index (χ2n) is 6.34. The van der Waals surface area contributed by atoms with E-state index in [4.69, 9.17) is 4.74 Å². The third kappa shape index (κ3) is 3.83. The Hall–Kier alpha value is -2.54. The summed E-state index contributed by atoms with van der Waals surface area (Å²) in [4.78, 5) is 14.0. The Labute approximate surface area is 153 Å². The molecule has 1 N–H and O–H groups in total. The zero-order chi connectivity index (χ0) is 18.7. The minimum Gasteiger partial charge on any atom is -0.465 e. The first-order chi connectivity index (χ1) is 12.4. The van der Waals surface area contributed by atoms with Crippen LogP contribution in [0.4, 0.5) is 11.4 Å². The summed E-state index contributed by atoms with van der Waals surface area (Å²) in [6.45, 7) is 3.53. The number of methoxy groups -OCH3 is 1. The molecular weight excluding hydrogens is 352 g/mol. The van der Waals surface area contributed by atoms with Gasteiger partial charge in [-0.1, -0.05) is 17.7 Å². The molecular formula is C19H22N2O4S. The Bertz CT molecular complexity index is 902. The van der Waals surface area contributed by atoms with Crippen LogP contribution < -0.4 is 9.62 Å². The first-order valence-corrected chi connectivity index (χ1v) is 9.96. The number of anilines is 2. The van der Waals surface area contributed by atoms with E-state index in [9.17, 15) is 13.2 Å². The predicted octanol–water partition coefficient (Wildman–Crippen LogP) is 3.18. The Morgan fingerprint density at radius 2 is 1.73 bits per heavy atom. The molecule has 1 saturated heterocycles. The van der Waals surface area contributed by atoms with E-state index in [-0.39, 0.29) is 10.5 Å². The number of hydrogen-bond donors (Lipinski definition) is 1. The van der Waals surface area contributed by atoms with E-state index in [0.717, 1.165) is 31.5 Å². The summed E-state index contributed by atoms with van der Waals surface area (Å²) in [5, 5.41) is 0. The fourth-order valence-corrected chi connectivity index (χ4v) is 4.34. The zero-order valence-electron chi connectivity index (χ0n) is 14.9. The van der Waals surface area contributed by atoms with Crippen LogP contribution in [0.25, 0.3) is 0 Å². The highest BCUT2D eigenvalue weighted by Crippen LogP contribution is 2.31. The summed E-state index contributed by atoms with van der Waals surface area (Å²) in [5.41, 5.74) is 2.33. The maximum Gasteiger partial charge on any atom is 0.337 e. The van der Waals surface area contributed by atoms with E-state index in [0.29, 0.717) is 11.4 Å². The van der Waals surface area contributed by atoms with Gasteiger partial charge in [0.2, 0.25) is 0 Å². The molecule has 0 aliphatic carbocycles. The van der Waals surface area contributed by atoms with Gasteiger partial charge in [-0.2, -0.15) is 0 Å². The number of nitrogens with zero attached hydrogens (tertiary/aromatic N) is 1. The van der Waals surface area contributed by atoms with Gasteiger partial charge in [0, 0.05) is 18.8 Å². The molecule has 2 aromatic rings. The van der Waals surface area contributed by atoms with Crippen LogP contribution in [0.5, 0.6) is 0 Å². The van der Waals surface area contributed by atoms with E-state index < -0.39 is 16.0 Å². The molecule has 0 atom stereocenters. The van der Waals surface area contributed by atoms with Gasteiger partial charge in [0.1, 0.15) is 4.90 Å². The molecule has 0 spiro atoms. The average Bonchev–Trinajstić information content (AvgIpc) is 3.17. The van der Waals surface area contributed by atoms with Crippen molar-refractivity contribution in [1.82, 2.24) is 0 Å². The third-order valence-corrected chi connectivity index (χ3v) is 5.83. The third-order valence-electron chi connectivity index (χ3n) is 4.42. The van der Waals surface area contributed by atoms with Crippen molar-refractivity contribution >= 4 is 27.4 Å². The van der Waals surface area contributed by atoms with Crippen LogP contribution in [0.1, 0.15) is 28.8 Å². The molecule has 0 unspecified atom stereocenters. The first kappa shape index (κ1) is 18.3. The second kappa shape index (κ2) is 7.37. The van der Waals surface area contributed by atoms with E-state index in [1.165, 1.54) is 13.2 Å².